The number of benzene rings is 1. The maximum absolute atomic E-state index is 13.0. The topological polar surface area (TPSA) is 58.6 Å². The van der Waals surface area contributed by atoms with Crippen LogP contribution in [0.25, 0.3) is 0 Å². The lowest BCUT2D eigenvalue weighted by molar-refractivity contribution is -0.155. The third kappa shape index (κ3) is 4.60. The SMILES string of the molecule is CCOC(=O)C(CC)(C(=O)NCCN1CCCCC1)c1ccccc1. The molecule has 1 saturated heterocycles. The molecule has 0 bridgehead atoms. The van der Waals surface area contributed by atoms with Crippen LogP contribution in [0.1, 0.15) is 45.1 Å². The van der Waals surface area contributed by atoms with E-state index in [1.165, 1.54) is 19.3 Å². The third-order valence-corrected chi connectivity index (χ3v) is 4.97. The van der Waals surface area contributed by atoms with Crippen molar-refractivity contribution in [1.82, 2.24) is 10.2 Å². The van der Waals surface area contributed by atoms with Crippen LogP contribution in [0.3, 0.4) is 0 Å². The Balaban J connectivity index is 2.10. The second-order valence-electron chi connectivity index (χ2n) is 6.50. The average Bonchev–Trinajstić information content (AvgIpc) is 2.65. The van der Waals surface area contributed by atoms with Crippen LogP contribution in [0.5, 0.6) is 0 Å². The lowest BCUT2D eigenvalue weighted by Crippen LogP contribution is -2.52. The molecule has 5 heteroatoms. The average molecular weight is 346 g/mol. The van der Waals surface area contributed by atoms with E-state index in [-0.39, 0.29) is 12.5 Å². The van der Waals surface area contributed by atoms with E-state index in [0.29, 0.717) is 18.5 Å². The van der Waals surface area contributed by atoms with Gasteiger partial charge in [-0.2, -0.15) is 0 Å². The molecule has 1 aliphatic rings. The van der Waals surface area contributed by atoms with Crippen LogP contribution in [0.2, 0.25) is 0 Å². The molecule has 1 N–H and O–H groups in total. The highest BCUT2D eigenvalue weighted by molar-refractivity contribution is 6.08. The number of carbonyl (C=O) groups excluding carboxylic acids is 2. The largest absolute Gasteiger partial charge is 0.465 e. The smallest absolute Gasteiger partial charge is 0.326 e. The Morgan fingerprint density at radius 1 is 1.12 bits per heavy atom. The number of amides is 1. The summed E-state index contributed by atoms with van der Waals surface area (Å²) in [4.78, 5) is 28.1. The summed E-state index contributed by atoms with van der Waals surface area (Å²) in [6, 6.07) is 9.22. The predicted molar refractivity (Wildman–Crippen MR) is 98.3 cm³/mol. The molecule has 1 heterocycles. The number of piperidine rings is 1. The zero-order valence-corrected chi connectivity index (χ0v) is 15.4. The van der Waals surface area contributed by atoms with Gasteiger partial charge in [-0.15, -0.1) is 0 Å². The van der Waals surface area contributed by atoms with Crippen LogP contribution in [-0.2, 0) is 19.7 Å². The minimum Gasteiger partial charge on any atom is -0.465 e. The van der Waals surface area contributed by atoms with Crippen molar-refractivity contribution in [2.75, 3.05) is 32.8 Å². The molecule has 1 amide bonds. The summed E-state index contributed by atoms with van der Waals surface area (Å²) in [6.07, 6.45) is 4.10. The van der Waals surface area contributed by atoms with Crippen LogP contribution in [0, 0.1) is 0 Å². The van der Waals surface area contributed by atoms with Crippen molar-refractivity contribution < 1.29 is 14.3 Å². The molecule has 5 nitrogen and oxygen atoms in total. The van der Waals surface area contributed by atoms with Crippen molar-refractivity contribution in [3.05, 3.63) is 35.9 Å². The summed E-state index contributed by atoms with van der Waals surface area (Å²) >= 11 is 0. The van der Waals surface area contributed by atoms with Crippen LogP contribution >= 0.6 is 0 Å². The second kappa shape index (κ2) is 9.56. The van der Waals surface area contributed by atoms with Gasteiger partial charge in [-0.05, 0) is 44.8 Å². The molecule has 1 unspecified atom stereocenters. The molecule has 1 aromatic carbocycles. The first kappa shape index (κ1) is 19.4. The van der Waals surface area contributed by atoms with Crippen LogP contribution < -0.4 is 5.32 Å². The number of likely N-dealkylation sites (tertiary alicyclic amines) is 1. The Bertz CT molecular complexity index is 555. The molecule has 2 rings (SSSR count). The summed E-state index contributed by atoms with van der Waals surface area (Å²) in [5, 5.41) is 2.98. The summed E-state index contributed by atoms with van der Waals surface area (Å²) < 4.78 is 5.26. The van der Waals surface area contributed by atoms with E-state index < -0.39 is 11.4 Å². The Morgan fingerprint density at radius 3 is 2.40 bits per heavy atom. The van der Waals surface area contributed by atoms with Crippen molar-refractivity contribution in [1.29, 1.82) is 0 Å². The van der Waals surface area contributed by atoms with Gasteiger partial charge in [0.15, 0.2) is 5.41 Å². The predicted octanol–water partition coefficient (Wildman–Crippen LogP) is 2.50. The number of ether oxygens (including phenoxy) is 1. The van der Waals surface area contributed by atoms with Crippen LogP contribution in [-0.4, -0.2) is 49.6 Å². The Kier molecular flexibility index (Phi) is 7.44. The molecular formula is C20H30N2O3. The highest BCUT2D eigenvalue weighted by Crippen LogP contribution is 2.30. The van der Waals surface area contributed by atoms with E-state index in [0.717, 1.165) is 19.6 Å². The zero-order chi connectivity index (χ0) is 18.1. The standard InChI is InChI=1S/C20H30N2O3/c1-3-20(19(24)25-4-2,17-11-7-5-8-12-17)18(23)21-13-16-22-14-9-6-10-15-22/h5,7-8,11-12H,3-4,6,9-10,13-16H2,1-2H3,(H,21,23). The van der Waals surface area contributed by atoms with E-state index in [2.05, 4.69) is 10.2 Å². The molecule has 0 aliphatic carbocycles. The molecule has 0 radical (unpaired) electrons. The van der Waals surface area contributed by atoms with Gasteiger partial charge in [-0.3, -0.25) is 9.59 Å². The first-order chi connectivity index (χ1) is 12.1. The van der Waals surface area contributed by atoms with Crippen molar-refractivity contribution >= 4 is 11.9 Å². The van der Waals surface area contributed by atoms with Gasteiger partial charge in [0.1, 0.15) is 0 Å². The quantitative estimate of drug-likeness (QED) is 0.580. The number of nitrogens with one attached hydrogen (secondary N) is 1. The lowest BCUT2D eigenvalue weighted by atomic mass is 9.77. The van der Waals surface area contributed by atoms with E-state index in [9.17, 15) is 9.59 Å². The zero-order valence-electron chi connectivity index (χ0n) is 15.4. The minimum absolute atomic E-state index is 0.258. The number of hydrogen-bond donors (Lipinski definition) is 1. The molecule has 1 aliphatic heterocycles. The number of hydrogen-bond acceptors (Lipinski definition) is 4. The number of nitrogens with zero attached hydrogens (tertiary/aromatic N) is 1. The van der Waals surface area contributed by atoms with Gasteiger partial charge in [0.05, 0.1) is 6.61 Å². The van der Waals surface area contributed by atoms with Crippen molar-refractivity contribution in [2.24, 2.45) is 0 Å². The summed E-state index contributed by atoms with van der Waals surface area (Å²) in [6.45, 7) is 7.42. The third-order valence-electron chi connectivity index (χ3n) is 4.97. The first-order valence-corrected chi connectivity index (χ1v) is 9.38. The first-order valence-electron chi connectivity index (χ1n) is 9.38. The lowest BCUT2D eigenvalue weighted by Gasteiger charge is -2.31. The molecule has 0 aromatic heterocycles. The monoisotopic (exact) mass is 346 g/mol. The maximum Gasteiger partial charge on any atom is 0.326 e. The number of rotatable bonds is 8. The molecule has 1 aromatic rings. The highest BCUT2D eigenvalue weighted by Gasteiger charge is 2.47. The van der Waals surface area contributed by atoms with Gasteiger partial charge >= 0.3 is 5.97 Å². The van der Waals surface area contributed by atoms with E-state index in [1.54, 1.807) is 6.92 Å². The van der Waals surface area contributed by atoms with E-state index >= 15 is 0 Å². The molecule has 25 heavy (non-hydrogen) atoms. The van der Waals surface area contributed by atoms with Gasteiger partial charge in [-0.25, -0.2) is 0 Å². The molecule has 138 valence electrons. The summed E-state index contributed by atoms with van der Waals surface area (Å²) in [7, 11) is 0. The number of esters is 1. The second-order valence-corrected chi connectivity index (χ2v) is 6.50. The Hall–Kier alpha value is -1.88. The van der Waals surface area contributed by atoms with Crippen LogP contribution in [0.15, 0.2) is 30.3 Å². The highest BCUT2D eigenvalue weighted by atomic mass is 16.5. The molecule has 1 fully saturated rings. The summed E-state index contributed by atoms with van der Waals surface area (Å²) in [5.74, 6) is -0.740. The van der Waals surface area contributed by atoms with E-state index in [1.807, 2.05) is 37.3 Å². The van der Waals surface area contributed by atoms with Gasteiger partial charge in [-0.1, -0.05) is 43.7 Å². The van der Waals surface area contributed by atoms with Gasteiger partial charge in [0.25, 0.3) is 0 Å². The molecule has 0 spiro atoms. The Labute approximate surface area is 150 Å². The molecule has 0 saturated carbocycles. The maximum atomic E-state index is 13.0. The molecular weight excluding hydrogens is 316 g/mol. The molecule has 1 atom stereocenters. The van der Waals surface area contributed by atoms with Gasteiger partial charge in [0, 0.05) is 13.1 Å². The minimum atomic E-state index is -1.28. The van der Waals surface area contributed by atoms with Gasteiger partial charge < -0.3 is 15.0 Å². The fourth-order valence-electron chi connectivity index (χ4n) is 3.49. The number of carbonyl (C=O) groups is 2. The van der Waals surface area contributed by atoms with Gasteiger partial charge in [0.2, 0.25) is 5.91 Å². The van der Waals surface area contributed by atoms with Crippen molar-refractivity contribution in [3.63, 3.8) is 0 Å². The fraction of sp³-hybridized carbons (Fsp3) is 0.600. The normalized spacial score (nSPS) is 17.5. The van der Waals surface area contributed by atoms with Crippen LogP contribution in [0.4, 0.5) is 0 Å². The summed E-state index contributed by atoms with van der Waals surface area (Å²) in [5.41, 5.74) is -0.592. The fourth-order valence-corrected chi connectivity index (χ4v) is 3.49. The Morgan fingerprint density at radius 2 is 1.80 bits per heavy atom. The van der Waals surface area contributed by atoms with Crippen molar-refractivity contribution in [2.45, 2.75) is 44.9 Å². The van der Waals surface area contributed by atoms with E-state index in [4.69, 9.17) is 4.74 Å². The van der Waals surface area contributed by atoms with Crippen molar-refractivity contribution in [3.8, 4) is 0 Å².